The Morgan fingerprint density at radius 3 is 1.44 bits per heavy atom. The SMILES string of the molecule is C/C(O)=C(/O)C(O)C(O)C(O)C(O)C(O)C(C)O. The number of aliphatic hydroxyl groups is 8. The van der Waals surface area contributed by atoms with Crippen molar-refractivity contribution in [3.63, 3.8) is 0 Å². The van der Waals surface area contributed by atoms with Gasteiger partial charge in [0.05, 0.1) is 6.10 Å². The van der Waals surface area contributed by atoms with E-state index in [0.29, 0.717) is 0 Å². The van der Waals surface area contributed by atoms with Crippen LogP contribution in [0.25, 0.3) is 0 Å². The van der Waals surface area contributed by atoms with Gasteiger partial charge in [0.25, 0.3) is 0 Å². The maximum absolute atomic E-state index is 9.46. The van der Waals surface area contributed by atoms with Crippen LogP contribution in [0.2, 0.25) is 0 Å². The summed E-state index contributed by atoms with van der Waals surface area (Å²) >= 11 is 0. The average molecular weight is 268 g/mol. The molecule has 0 aliphatic rings. The first-order chi connectivity index (χ1) is 8.11. The molecule has 0 rings (SSSR count). The minimum Gasteiger partial charge on any atom is -0.509 e. The van der Waals surface area contributed by atoms with Gasteiger partial charge in [-0.15, -0.1) is 0 Å². The van der Waals surface area contributed by atoms with Crippen LogP contribution in [0.15, 0.2) is 11.5 Å². The molecule has 8 heteroatoms. The van der Waals surface area contributed by atoms with Gasteiger partial charge in [-0.25, -0.2) is 0 Å². The summed E-state index contributed by atoms with van der Waals surface area (Å²) in [4.78, 5) is 0. The zero-order valence-corrected chi connectivity index (χ0v) is 10.0. The Bertz CT molecular complexity index is 286. The van der Waals surface area contributed by atoms with Crippen molar-refractivity contribution in [2.45, 2.75) is 50.5 Å². The molecule has 0 amide bonds. The fourth-order valence-electron chi connectivity index (χ4n) is 1.25. The highest BCUT2D eigenvalue weighted by Gasteiger charge is 2.37. The normalized spacial score (nSPS) is 23.6. The molecule has 0 aliphatic heterocycles. The highest BCUT2D eigenvalue weighted by atomic mass is 16.4. The van der Waals surface area contributed by atoms with Crippen LogP contribution in [-0.2, 0) is 0 Å². The molecular weight excluding hydrogens is 248 g/mol. The van der Waals surface area contributed by atoms with Crippen molar-refractivity contribution in [2.24, 2.45) is 0 Å². The van der Waals surface area contributed by atoms with Gasteiger partial charge in [-0.1, -0.05) is 0 Å². The Morgan fingerprint density at radius 1 is 0.722 bits per heavy atom. The van der Waals surface area contributed by atoms with Crippen molar-refractivity contribution in [3.8, 4) is 0 Å². The Balaban J connectivity index is 4.79. The van der Waals surface area contributed by atoms with E-state index in [2.05, 4.69) is 0 Å². The second-order valence-corrected chi connectivity index (χ2v) is 4.12. The van der Waals surface area contributed by atoms with E-state index in [1.807, 2.05) is 0 Å². The lowest BCUT2D eigenvalue weighted by atomic mass is 9.96. The van der Waals surface area contributed by atoms with E-state index in [9.17, 15) is 25.5 Å². The van der Waals surface area contributed by atoms with Crippen LogP contribution in [0.5, 0.6) is 0 Å². The number of rotatable bonds is 6. The largest absolute Gasteiger partial charge is 0.509 e. The van der Waals surface area contributed by atoms with Crippen LogP contribution in [0.3, 0.4) is 0 Å². The molecule has 108 valence electrons. The molecule has 0 heterocycles. The highest BCUT2D eigenvalue weighted by Crippen LogP contribution is 2.15. The molecule has 18 heavy (non-hydrogen) atoms. The number of allylic oxidation sites excluding steroid dienone is 1. The molecule has 8 N–H and O–H groups in total. The minimum atomic E-state index is -2.06. The highest BCUT2D eigenvalue weighted by molar-refractivity contribution is 5.05. The summed E-state index contributed by atoms with van der Waals surface area (Å²) < 4.78 is 0. The third-order valence-corrected chi connectivity index (χ3v) is 2.52. The third kappa shape index (κ3) is 4.09. The van der Waals surface area contributed by atoms with Gasteiger partial charge in [-0.3, -0.25) is 0 Å². The van der Waals surface area contributed by atoms with Crippen molar-refractivity contribution in [2.75, 3.05) is 0 Å². The van der Waals surface area contributed by atoms with E-state index in [-0.39, 0.29) is 0 Å². The summed E-state index contributed by atoms with van der Waals surface area (Å²) in [5.74, 6) is -1.64. The maximum Gasteiger partial charge on any atom is 0.161 e. The molecule has 0 fully saturated rings. The van der Waals surface area contributed by atoms with E-state index in [1.165, 1.54) is 0 Å². The topological polar surface area (TPSA) is 162 Å². The van der Waals surface area contributed by atoms with Crippen molar-refractivity contribution >= 4 is 0 Å². The summed E-state index contributed by atoms with van der Waals surface area (Å²) in [6, 6.07) is 0. The molecule has 0 radical (unpaired) electrons. The molecule has 8 nitrogen and oxygen atoms in total. The fraction of sp³-hybridized carbons (Fsp3) is 0.800. The third-order valence-electron chi connectivity index (χ3n) is 2.52. The average Bonchev–Trinajstić information content (AvgIpc) is 2.32. The number of hydrogen-bond donors (Lipinski definition) is 8. The van der Waals surface area contributed by atoms with Gasteiger partial charge in [-0.05, 0) is 13.8 Å². The summed E-state index contributed by atoms with van der Waals surface area (Å²) in [5, 5.41) is 74.0. The Labute approximate surface area is 104 Å². The van der Waals surface area contributed by atoms with Crippen LogP contribution >= 0.6 is 0 Å². The van der Waals surface area contributed by atoms with Gasteiger partial charge in [0.15, 0.2) is 5.76 Å². The molecule has 0 saturated heterocycles. The van der Waals surface area contributed by atoms with Crippen molar-refractivity contribution in [1.29, 1.82) is 0 Å². The maximum atomic E-state index is 9.46. The van der Waals surface area contributed by atoms with Crippen LogP contribution < -0.4 is 0 Å². The van der Waals surface area contributed by atoms with Gasteiger partial charge in [-0.2, -0.15) is 0 Å². The van der Waals surface area contributed by atoms with E-state index >= 15 is 0 Å². The van der Waals surface area contributed by atoms with Crippen molar-refractivity contribution in [1.82, 2.24) is 0 Å². The molecule has 6 atom stereocenters. The molecule has 0 saturated carbocycles. The lowest BCUT2D eigenvalue weighted by Crippen LogP contribution is -2.52. The lowest BCUT2D eigenvalue weighted by Gasteiger charge is -2.29. The van der Waals surface area contributed by atoms with Gasteiger partial charge in [0.1, 0.15) is 36.3 Å². The van der Waals surface area contributed by atoms with E-state index in [4.69, 9.17) is 15.3 Å². The number of aliphatic hydroxyl groups excluding tert-OH is 8. The Kier molecular flexibility index (Phi) is 6.54. The van der Waals surface area contributed by atoms with Gasteiger partial charge < -0.3 is 40.9 Å². The van der Waals surface area contributed by atoms with E-state index < -0.39 is 48.1 Å². The Hall–Kier alpha value is -0.900. The summed E-state index contributed by atoms with van der Waals surface area (Å²) in [6.45, 7) is 2.19. The molecule has 0 aromatic rings. The molecule has 6 unspecified atom stereocenters. The van der Waals surface area contributed by atoms with Crippen LogP contribution in [0.1, 0.15) is 13.8 Å². The molecule has 0 aromatic carbocycles. The zero-order chi connectivity index (χ0) is 14.6. The molecule has 0 aliphatic carbocycles. The molecule has 0 spiro atoms. The predicted molar refractivity (Wildman–Crippen MR) is 59.7 cm³/mol. The van der Waals surface area contributed by atoms with Crippen LogP contribution in [-0.4, -0.2) is 77.5 Å². The predicted octanol–water partition coefficient (Wildman–Crippen LogP) is -2.48. The fourth-order valence-corrected chi connectivity index (χ4v) is 1.25. The second kappa shape index (κ2) is 6.88. The standard InChI is InChI=1S/C10H20O8/c1-3(11)5(13)7(15)9(17)10(18)8(16)6(14)4(2)12/h3,5,7-18H,1-2H3/b6-4-. The molecule has 0 bridgehead atoms. The molecule has 0 aromatic heterocycles. The zero-order valence-electron chi connectivity index (χ0n) is 10.0. The first-order valence-electron chi connectivity index (χ1n) is 5.28. The molecular formula is C10H20O8. The van der Waals surface area contributed by atoms with Crippen molar-refractivity contribution in [3.05, 3.63) is 11.5 Å². The second-order valence-electron chi connectivity index (χ2n) is 4.12. The van der Waals surface area contributed by atoms with Crippen molar-refractivity contribution < 1.29 is 40.9 Å². The summed E-state index contributed by atoms with van der Waals surface area (Å²) in [5.41, 5.74) is 0. The van der Waals surface area contributed by atoms with Crippen LogP contribution in [0.4, 0.5) is 0 Å². The lowest BCUT2D eigenvalue weighted by molar-refractivity contribution is -0.150. The van der Waals surface area contributed by atoms with E-state index in [0.717, 1.165) is 13.8 Å². The quantitative estimate of drug-likeness (QED) is 0.245. The summed E-state index contributed by atoms with van der Waals surface area (Å²) in [7, 11) is 0. The monoisotopic (exact) mass is 268 g/mol. The van der Waals surface area contributed by atoms with E-state index in [1.54, 1.807) is 0 Å². The van der Waals surface area contributed by atoms with Crippen LogP contribution in [0, 0.1) is 0 Å². The van der Waals surface area contributed by atoms with Gasteiger partial charge in [0.2, 0.25) is 0 Å². The first-order valence-corrected chi connectivity index (χ1v) is 5.28. The minimum absolute atomic E-state index is 0.667. The summed E-state index contributed by atoms with van der Waals surface area (Å²) in [6.07, 6.45) is -11.2. The van der Waals surface area contributed by atoms with Gasteiger partial charge in [0, 0.05) is 0 Å². The van der Waals surface area contributed by atoms with Gasteiger partial charge >= 0.3 is 0 Å². The Morgan fingerprint density at radius 2 is 1.11 bits per heavy atom. The number of hydrogen-bond acceptors (Lipinski definition) is 8. The first kappa shape index (κ1) is 17.1. The smallest absolute Gasteiger partial charge is 0.161 e.